The minimum atomic E-state index is -0.136. The van der Waals surface area contributed by atoms with Crippen molar-refractivity contribution < 1.29 is 14.6 Å². The van der Waals surface area contributed by atoms with Crippen LogP contribution in [0.1, 0.15) is 50.3 Å². The first kappa shape index (κ1) is 29.0. The fraction of sp³-hybridized carbons (Fsp3) is 0.481. The molecule has 2 bridgehead atoms. The molecule has 1 unspecified atom stereocenters. The van der Waals surface area contributed by atoms with Crippen LogP contribution in [0.25, 0.3) is 34.3 Å². The molecule has 0 aromatic carbocycles. The molecule has 0 aliphatic carbocycles. The number of aromatic nitrogens is 7. The normalized spacial score (nSPS) is 17.3. The van der Waals surface area contributed by atoms with Crippen molar-refractivity contribution in [2.24, 2.45) is 7.05 Å². The monoisotopic (exact) mass is 678 g/mol. The molecule has 5 heterocycles. The zero-order valence-electron chi connectivity index (χ0n) is 23.7. The standard InChI is InChI=1S/C27H36IN8O3P/c1-7-38-26-19-8-9-21-20-12-22(29-13-23(20)36(31-21)40-28)25-18(5)30-33(6)27(25)39-17(4)14-34(16(2)3)15-24(19)35(32-26)10-11-37/h8-9,12-13,16-17,37,40H,7,10-11,14-15H2,1-6H3/b9-8+/t17-/m1/s1. The molecular formula is C27H36IN8O3P. The summed E-state index contributed by atoms with van der Waals surface area (Å²) in [6.45, 7) is 12.5. The van der Waals surface area contributed by atoms with Crippen LogP contribution in [-0.4, -0.2) is 76.0 Å². The van der Waals surface area contributed by atoms with Crippen LogP contribution in [0, 0.1) is 6.92 Å². The Hall–Kier alpha value is -2.54. The Balaban J connectivity index is 1.76. The zero-order chi connectivity index (χ0) is 28.6. The minimum absolute atomic E-state index is 0.0192. The van der Waals surface area contributed by atoms with Crippen molar-refractivity contribution in [2.45, 2.75) is 59.9 Å². The Labute approximate surface area is 248 Å². The van der Waals surface area contributed by atoms with E-state index < -0.39 is 0 Å². The number of rotatable bonds is 6. The second-order valence-electron chi connectivity index (χ2n) is 10.2. The first-order valence-electron chi connectivity index (χ1n) is 13.5. The molecule has 1 aliphatic heterocycles. The van der Waals surface area contributed by atoms with E-state index in [1.54, 1.807) is 4.68 Å². The number of pyridine rings is 1. The summed E-state index contributed by atoms with van der Waals surface area (Å²) in [5.74, 6) is 1.25. The fourth-order valence-electron chi connectivity index (χ4n) is 5.14. The Morgan fingerprint density at radius 2 is 2.05 bits per heavy atom. The van der Waals surface area contributed by atoms with Crippen molar-refractivity contribution in [3.05, 3.63) is 34.9 Å². The molecule has 40 heavy (non-hydrogen) atoms. The molecule has 0 spiro atoms. The van der Waals surface area contributed by atoms with Crippen LogP contribution >= 0.6 is 28.4 Å². The SMILES string of the molecule is CCOc1nn(CCO)c2c1/C=C/c1nn(PI)c3cnc(cc13)-c1c(C)nn(C)c1O[C@H](C)CN(C(C)C)C2. The van der Waals surface area contributed by atoms with E-state index in [4.69, 9.17) is 24.7 Å². The van der Waals surface area contributed by atoms with E-state index in [1.165, 1.54) is 0 Å². The summed E-state index contributed by atoms with van der Waals surface area (Å²) < 4.78 is 18.2. The molecule has 0 fully saturated rings. The van der Waals surface area contributed by atoms with Crippen LogP contribution in [0.15, 0.2) is 12.3 Å². The highest BCUT2D eigenvalue weighted by atomic mass is 127. The summed E-state index contributed by atoms with van der Waals surface area (Å²) in [6.07, 6.45) is 6.24. The van der Waals surface area contributed by atoms with Crippen molar-refractivity contribution in [2.75, 3.05) is 19.8 Å². The van der Waals surface area contributed by atoms with Crippen LogP contribution < -0.4 is 9.47 Å². The molecule has 5 rings (SSSR count). The van der Waals surface area contributed by atoms with E-state index in [0.29, 0.717) is 44.4 Å². The van der Waals surface area contributed by atoms with Gasteiger partial charge in [-0.3, -0.25) is 14.6 Å². The van der Waals surface area contributed by atoms with Gasteiger partial charge in [0.15, 0.2) is 0 Å². The highest BCUT2D eigenvalue weighted by molar-refractivity contribution is 14.2. The number of fused-ring (bicyclic) bond motifs is 4. The molecule has 13 heteroatoms. The second-order valence-corrected chi connectivity index (χ2v) is 12.2. The van der Waals surface area contributed by atoms with Gasteiger partial charge >= 0.3 is 0 Å². The summed E-state index contributed by atoms with van der Waals surface area (Å²) in [5, 5.41) is 25.2. The molecule has 11 nitrogen and oxygen atoms in total. The Morgan fingerprint density at radius 1 is 1.25 bits per heavy atom. The average molecular weight is 679 g/mol. The van der Waals surface area contributed by atoms with E-state index in [1.807, 2.05) is 48.4 Å². The van der Waals surface area contributed by atoms with E-state index in [0.717, 1.165) is 44.8 Å². The van der Waals surface area contributed by atoms with Crippen molar-refractivity contribution >= 4 is 51.5 Å². The summed E-state index contributed by atoms with van der Waals surface area (Å²) in [4.78, 5) is 7.19. The van der Waals surface area contributed by atoms with Gasteiger partial charge in [-0.15, -0.1) is 5.10 Å². The summed E-state index contributed by atoms with van der Waals surface area (Å²) in [7, 11) is 1.91. The first-order valence-corrected chi connectivity index (χ1v) is 17.5. The molecule has 1 N–H and O–H groups in total. The third-order valence-electron chi connectivity index (χ3n) is 7.05. The minimum Gasteiger partial charge on any atom is -0.476 e. The quantitative estimate of drug-likeness (QED) is 0.232. The van der Waals surface area contributed by atoms with E-state index >= 15 is 0 Å². The Bertz CT molecular complexity index is 1540. The zero-order valence-corrected chi connectivity index (χ0v) is 26.9. The highest BCUT2D eigenvalue weighted by Crippen LogP contribution is 2.37. The molecule has 4 aromatic rings. The van der Waals surface area contributed by atoms with Gasteiger partial charge in [0.05, 0.1) is 71.7 Å². The van der Waals surface area contributed by atoms with Crippen LogP contribution in [0.2, 0.25) is 0 Å². The predicted octanol–water partition coefficient (Wildman–Crippen LogP) is 4.68. The highest BCUT2D eigenvalue weighted by Gasteiger charge is 2.26. The third kappa shape index (κ3) is 5.50. The molecule has 214 valence electrons. The van der Waals surface area contributed by atoms with Gasteiger partial charge in [-0.1, -0.05) is 0 Å². The summed E-state index contributed by atoms with van der Waals surface area (Å²) >= 11 is 2.34. The number of hydrogen-bond acceptors (Lipinski definition) is 8. The van der Waals surface area contributed by atoms with Crippen LogP contribution in [0.4, 0.5) is 0 Å². The maximum absolute atomic E-state index is 9.84. The topological polar surface area (TPSA) is 108 Å². The maximum atomic E-state index is 9.84. The van der Waals surface area contributed by atoms with Gasteiger partial charge in [0.25, 0.3) is 0 Å². The van der Waals surface area contributed by atoms with Crippen LogP contribution in [0.5, 0.6) is 11.8 Å². The second kappa shape index (κ2) is 12.1. The number of ether oxygens (including phenoxy) is 2. The first-order chi connectivity index (χ1) is 19.2. The lowest BCUT2D eigenvalue weighted by Crippen LogP contribution is -2.39. The number of halogens is 1. The van der Waals surface area contributed by atoms with Gasteiger partial charge in [-0.2, -0.15) is 10.2 Å². The molecule has 1 aliphatic rings. The third-order valence-corrected chi connectivity index (χ3v) is 8.93. The number of aliphatic hydroxyl groups excluding tert-OH is 1. The van der Waals surface area contributed by atoms with Gasteiger partial charge in [0, 0.05) is 31.6 Å². The largest absolute Gasteiger partial charge is 0.476 e. The van der Waals surface area contributed by atoms with Crippen molar-refractivity contribution in [3.63, 3.8) is 0 Å². The summed E-state index contributed by atoms with van der Waals surface area (Å²) in [5.41, 5.74) is 6.21. The van der Waals surface area contributed by atoms with Gasteiger partial charge in [-0.05, 0) is 74.9 Å². The van der Waals surface area contributed by atoms with Gasteiger partial charge in [-0.25, -0.2) is 9.13 Å². The maximum Gasteiger partial charge on any atom is 0.240 e. The Kier molecular flexibility index (Phi) is 8.79. The predicted molar refractivity (Wildman–Crippen MR) is 167 cm³/mol. The molecule has 0 saturated heterocycles. The van der Waals surface area contributed by atoms with Crippen molar-refractivity contribution in [3.8, 4) is 23.0 Å². The number of aryl methyl sites for hydroxylation is 2. The number of aliphatic hydroxyl groups is 1. The van der Waals surface area contributed by atoms with Crippen LogP contribution in [0.3, 0.4) is 0 Å². The lowest BCUT2D eigenvalue weighted by Gasteiger charge is -2.30. The van der Waals surface area contributed by atoms with Crippen molar-refractivity contribution in [1.29, 1.82) is 0 Å². The molecular weight excluding hydrogens is 642 g/mol. The Morgan fingerprint density at radius 3 is 2.75 bits per heavy atom. The summed E-state index contributed by atoms with van der Waals surface area (Å²) in [6, 6.07) is 2.31. The smallest absolute Gasteiger partial charge is 0.240 e. The molecule has 0 saturated carbocycles. The van der Waals surface area contributed by atoms with Gasteiger partial charge < -0.3 is 14.6 Å². The van der Waals surface area contributed by atoms with E-state index in [9.17, 15) is 5.11 Å². The lowest BCUT2D eigenvalue weighted by molar-refractivity contribution is 0.109. The van der Waals surface area contributed by atoms with Crippen LogP contribution in [-0.2, 0) is 20.1 Å². The fourth-order valence-corrected chi connectivity index (χ4v) is 6.66. The van der Waals surface area contributed by atoms with E-state index in [2.05, 4.69) is 58.9 Å². The number of nitrogens with zero attached hydrogens (tertiary/aromatic N) is 8. The number of hydrogen-bond donors (Lipinski definition) is 1. The molecule has 0 amide bonds. The average Bonchev–Trinajstić information content (AvgIpc) is 3.52. The molecule has 4 aromatic heterocycles. The molecule has 2 atom stereocenters. The lowest BCUT2D eigenvalue weighted by atomic mass is 10.1. The van der Waals surface area contributed by atoms with E-state index in [-0.39, 0.29) is 18.8 Å². The molecule has 0 radical (unpaired) electrons. The van der Waals surface area contributed by atoms with Crippen molar-refractivity contribution in [1.82, 2.24) is 39.0 Å². The van der Waals surface area contributed by atoms with Gasteiger partial charge in [0.1, 0.15) is 6.10 Å². The van der Waals surface area contributed by atoms with Gasteiger partial charge in [0.2, 0.25) is 11.8 Å².